The van der Waals surface area contributed by atoms with Gasteiger partial charge in [-0.3, -0.25) is 0 Å². The Morgan fingerprint density at radius 3 is 2.62 bits per heavy atom. The van der Waals surface area contributed by atoms with Crippen LogP contribution in [0.2, 0.25) is 0 Å². The maximum Gasteiger partial charge on any atom is 0.206 e. The minimum atomic E-state index is -3.59. The fraction of sp³-hybridized carbons (Fsp3) is 0.0667. The van der Waals surface area contributed by atoms with E-state index in [9.17, 15) is 12.8 Å². The lowest BCUT2D eigenvalue weighted by Crippen LogP contribution is -2.09. The van der Waals surface area contributed by atoms with E-state index < -0.39 is 15.7 Å². The van der Waals surface area contributed by atoms with Crippen LogP contribution in [0.1, 0.15) is 5.56 Å². The zero-order valence-corrected chi connectivity index (χ0v) is 11.7. The lowest BCUT2D eigenvalue weighted by Gasteiger charge is -2.07. The second-order valence-corrected chi connectivity index (χ2v) is 6.59. The van der Waals surface area contributed by atoms with Crippen LogP contribution in [0.4, 0.5) is 10.1 Å². The first kappa shape index (κ1) is 13.6. The summed E-state index contributed by atoms with van der Waals surface area (Å²) >= 11 is 0. The molecule has 0 bridgehead atoms. The summed E-state index contributed by atoms with van der Waals surface area (Å²) in [7, 11) is -3.59. The van der Waals surface area contributed by atoms with Crippen molar-refractivity contribution in [3.63, 3.8) is 0 Å². The molecule has 3 rings (SSSR count). The van der Waals surface area contributed by atoms with E-state index in [0.29, 0.717) is 11.3 Å². The van der Waals surface area contributed by atoms with Gasteiger partial charge in [0, 0.05) is 17.3 Å². The Bertz CT molecular complexity index is 844. The number of rotatable bonds is 3. The molecule has 0 saturated heterocycles. The van der Waals surface area contributed by atoms with Crippen LogP contribution in [0, 0.1) is 5.82 Å². The molecule has 6 heteroatoms. The molecule has 0 amide bonds. The Balaban J connectivity index is 1.88. The molecule has 0 fully saturated rings. The molecular weight excluding hydrogens is 293 g/mol. The van der Waals surface area contributed by atoms with E-state index in [-0.39, 0.29) is 22.2 Å². The smallest absolute Gasteiger partial charge is 0.206 e. The summed E-state index contributed by atoms with van der Waals surface area (Å²) in [6.07, 6.45) is 1.50. The molecule has 0 unspecified atom stereocenters. The van der Waals surface area contributed by atoms with Crippen LogP contribution in [0.25, 0.3) is 6.08 Å². The number of hydrogen-bond donors (Lipinski definition) is 1. The Morgan fingerprint density at radius 2 is 1.90 bits per heavy atom. The van der Waals surface area contributed by atoms with Gasteiger partial charge in [0.25, 0.3) is 0 Å². The third kappa shape index (κ3) is 2.38. The van der Waals surface area contributed by atoms with E-state index in [4.69, 9.17) is 10.5 Å². The van der Waals surface area contributed by atoms with Crippen molar-refractivity contribution >= 4 is 21.6 Å². The summed E-state index contributed by atoms with van der Waals surface area (Å²) in [6, 6.07) is 10.3. The van der Waals surface area contributed by atoms with Crippen LogP contribution < -0.4 is 10.5 Å². The van der Waals surface area contributed by atoms with Gasteiger partial charge in [-0.05, 0) is 30.3 Å². The van der Waals surface area contributed by atoms with Gasteiger partial charge in [0.1, 0.15) is 18.2 Å². The predicted octanol–water partition coefficient (Wildman–Crippen LogP) is 2.62. The zero-order chi connectivity index (χ0) is 15.0. The van der Waals surface area contributed by atoms with Gasteiger partial charge in [-0.1, -0.05) is 12.1 Å². The summed E-state index contributed by atoms with van der Waals surface area (Å²) in [4.78, 5) is 0.292. The molecular formula is C15H12FNO3S. The van der Waals surface area contributed by atoms with E-state index in [1.807, 2.05) is 0 Å². The molecule has 0 atom stereocenters. The molecule has 0 aromatic heterocycles. The number of nitrogens with two attached hydrogens (primary N) is 1. The summed E-state index contributed by atoms with van der Waals surface area (Å²) in [6.45, 7) is -0.167. The van der Waals surface area contributed by atoms with Crippen LogP contribution in [0.3, 0.4) is 0 Å². The first-order valence-electron chi connectivity index (χ1n) is 6.21. The van der Waals surface area contributed by atoms with Crippen molar-refractivity contribution in [1.82, 2.24) is 0 Å². The molecule has 2 aromatic carbocycles. The topological polar surface area (TPSA) is 69.4 Å². The number of benzene rings is 2. The fourth-order valence-electron chi connectivity index (χ4n) is 2.16. The second-order valence-electron chi connectivity index (χ2n) is 4.62. The van der Waals surface area contributed by atoms with Crippen LogP contribution in [0.15, 0.2) is 52.3 Å². The highest BCUT2D eigenvalue weighted by atomic mass is 32.2. The Kier molecular flexibility index (Phi) is 3.17. The van der Waals surface area contributed by atoms with Gasteiger partial charge >= 0.3 is 0 Å². The Labute approximate surface area is 121 Å². The van der Waals surface area contributed by atoms with E-state index >= 15 is 0 Å². The normalized spacial score (nSPS) is 15.4. The monoisotopic (exact) mass is 305 g/mol. The van der Waals surface area contributed by atoms with Crippen LogP contribution >= 0.6 is 0 Å². The highest BCUT2D eigenvalue weighted by Gasteiger charge is 2.30. The molecule has 2 N–H and O–H groups in total. The van der Waals surface area contributed by atoms with E-state index in [1.165, 1.54) is 30.3 Å². The average molecular weight is 305 g/mol. The van der Waals surface area contributed by atoms with Crippen molar-refractivity contribution in [2.75, 3.05) is 12.3 Å². The standard InChI is InChI=1S/C15H12FNO3S/c16-10-3-1-4-11(7-10)20-9-12-8-13-14(17)5-2-6-15(13)21(12,18)19/h1-8H,9,17H2. The number of hydrogen-bond acceptors (Lipinski definition) is 4. The highest BCUT2D eigenvalue weighted by molar-refractivity contribution is 7.95. The average Bonchev–Trinajstić information content (AvgIpc) is 2.70. The molecule has 108 valence electrons. The molecule has 0 spiro atoms. The first-order valence-corrected chi connectivity index (χ1v) is 7.69. The lowest BCUT2D eigenvalue weighted by molar-refractivity contribution is 0.357. The maximum atomic E-state index is 13.1. The molecule has 21 heavy (non-hydrogen) atoms. The minimum absolute atomic E-state index is 0.111. The fourth-order valence-corrected chi connectivity index (χ4v) is 3.65. The van der Waals surface area contributed by atoms with E-state index in [1.54, 1.807) is 18.2 Å². The SMILES string of the molecule is Nc1cccc2c1C=C(COc1cccc(F)c1)S2(=O)=O. The van der Waals surface area contributed by atoms with Gasteiger partial charge in [0.2, 0.25) is 9.84 Å². The van der Waals surface area contributed by atoms with E-state index in [0.717, 1.165) is 0 Å². The van der Waals surface area contributed by atoms with Crippen molar-refractivity contribution in [1.29, 1.82) is 0 Å². The van der Waals surface area contributed by atoms with Crippen molar-refractivity contribution in [3.8, 4) is 5.75 Å². The summed E-state index contributed by atoms with van der Waals surface area (Å²) in [5.41, 5.74) is 6.66. The third-order valence-electron chi connectivity index (χ3n) is 3.22. The van der Waals surface area contributed by atoms with Crippen LogP contribution in [0.5, 0.6) is 5.75 Å². The van der Waals surface area contributed by atoms with E-state index in [2.05, 4.69) is 0 Å². The first-order chi connectivity index (χ1) is 9.98. The van der Waals surface area contributed by atoms with Crippen molar-refractivity contribution in [2.45, 2.75) is 4.90 Å². The third-order valence-corrected chi connectivity index (χ3v) is 5.08. The van der Waals surface area contributed by atoms with Gasteiger partial charge in [-0.25, -0.2) is 12.8 Å². The molecule has 0 radical (unpaired) electrons. The number of nitrogen functional groups attached to an aromatic ring is 1. The van der Waals surface area contributed by atoms with Crippen LogP contribution in [-0.2, 0) is 9.84 Å². The zero-order valence-electron chi connectivity index (χ0n) is 10.9. The number of fused-ring (bicyclic) bond motifs is 1. The summed E-state index contributed by atoms with van der Waals surface area (Å²) < 4.78 is 43.1. The maximum absolute atomic E-state index is 13.1. The van der Waals surface area contributed by atoms with Gasteiger partial charge < -0.3 is 10.5 Å². The molecule has 0 saturated carbocycles. The molecule has 4 nitrogen and oxygen atoms in total. The lowest BCUT2D eigenvalue weighted by atomic mass is 10.2. The number of anilines is 1. The van der Waals surface area contributed by atoms with Gasteiger partial charge in [0.15, 0.2) is 0 Å². The highest BCUT2D eigenvalue weighted by Crippen LogP contribution is 2.36. The van der Waals surface area contributed by atoms with Crippen molar-refractivity contribution in [2.24, 2.45) is 0 Å². The molecule has 1 aliphatic rings. The quantitative estimate of drug-likeness (QED) is 0.885. The number of sulfone groups is 1. The molecule has 0 aliphatic carbocycles. The summed E-state index contributed by atoms with van der Waals surface area (Å²) in [5.74, 6) is -0.168. The number of ether oxygens (including phenoxy) is 1. The van der Waals surface area contributed by atoms with Gasteiger partial charge in [0.05, 0.1) is 9.80 Å². The predicted molar refractivity (Wildman–Crippen MR) is 77.9 cm³/mol. The minimum Gasteiger partial charge on any atom is -0.488 e. The second kappa shape index (κ2) is 4.89. The molecule has 1 heterocycles. The molecule has 2 aromatic rings. The summed E-state index contributed by atoms with van der Waals surface area (Å²) in [5, 5.41) is 0. The van der Waals surface area contributed by atoms with Gasteiger partial charge in [-0.15, -0.1) is 0 Å². The van der Waals surface area contributed by atoms with Crippen molar-refractivity contribution < 1.29 is 17.5 Å². The Hall–Kier alpha value is -2.34. The largest absolute Gasteiger partial charge is 0.488 e. The Morgan fingerprint density at radius 1 is 1.14 bits per heavy atom. The number of halogens is 1. The van der Waals surface area contributed by atoms with Gasteiger partial charge in [-0.2, -0.15) is 0 Å². The van der Waals surface area contributed by atoms with Crippen LogP contribution in [-0.4, -0.2) is 15.0 Å². The van der Waals surface area contributed by atoms with Crippen molar-refractivity contribution in [3.05, 3.63) is 58.8 Å². The molecule has 1 aliphatic heterocycles.